The van der Waals surface area contributed by atoms with Crippen molar-refractivity contribution in [3.8, 4) is 0 Å². The van der Waals surface area contributed by atoms with E-state index in [1.165, 1.54) is 6.42 Å². The van der Waals surface area contributed by atoms with E-state index in [9.17, 15) is 0 Å². The molecule has 0 aliphatic rings. The van der Waals surface area contributed by atoms with Gasteiger partial charge in [0.25, 0.3) is 0 Å². The highest BCUT2D eigenvalue weighted by Gasteiger charge is 2.08. The van der Waals surface area contributed by atoms with Gasteiger partial charge in [-0.25, -0.2) is 0 Å². The molecule has 1 N–H and O–H groups in total. The molecule has 86 valence electrons. The third-order valence-corrected chi connectivity index (χ3v) is 2.88. The van der Waals surface area contributed by atoms with Gasteiger partial charge in [0.2, 0.25) is 0 Å². The maximum atomic E-state index is 6.03. The second-order valence-electron chi connectivity index (χ2n) is 3.96. The largest absolute Gasteiger partial charge is 0.314 e. The standard InChI is InChI=1S/C11H20ClN3/c1-4-7-13-9(2)5-6-11-10(12)8-14-15(11)3/h8-9,13H,4-7H2,1-3H3. The van der Waals surface area contributed by atoms with E-state index in [2.05, 4.69) is 24.3 Å². The zero-order chi connectivity index (χ0) is 11.3. The minimum absolute atomic E-state index is 0.538. The highest BCUT2D eigenvalue weighted by Crippen LogP contribution is 2.16. The lowest BCUT2D eigenvalue weighted by Gasteiger charge is -2.12. The summed E-state index contributed by atoms with van der Waals surface area (Å²) in [5, 5.41) is 8.36. The van der Waals surface area contributed by atoms with E-state index in [0.29, 0.717) is 6.04 Å². The Bertz CT molecular complexity index is 277. The molecule has 1 rings (SSSR count). The Hall–Kier alpha value is -0.540. The molecule has 4 heteroatoms. The molecule has 0 saturated heterocycles. The van der Waals surface area contributed by atoms with Gasteiger partial charge in [0.05, 0.1) is 16.9 Å². The molecule has 0 saturated carbocycles. The van der Waals surface area contributed by atoms with Crippen molar-refractivity contribution < 1.29 is 0 Å². The molecule has 0 fully saturated rings. The molecule has 0 amide bonds. The molecule has 0 aromatic carbocycles. The van der Waals surface area contributed by atoms with E-state index < -0.39 is 0 Å². The van der Waals surface area contributed by atoms with Gasteiger partial charge in [-0.2, -0.15) is 5.10 Å². The predicted molar refractivity (Wildman–Crippen MR) is 64.3 cm³/mol. The fraction of sp³-hybridized carbons (Fsp3) is 0.727. The maximum absolute atomic E-state index is 6.03. The van der Waals surface area contributed by atoms with Gasteiger partial charge in [0.1, 0.15) is 0 Å². The van der Waals surface area contributed by atoms with E-state index in [-0.39, 0.29) is 0 Å². The first-order chi connectivity index (χ1) is 7.15. The van der Waals surface area contributed by atoms with Crippen LogP contribution >= 0.6 is 11.6 Å². The third kappa shape index (κ3) is 3.84. The van der Waals surface area contributed by atoms with Crippen molar-refractivity contribution in [2.24, 2.45) is 7.05 Å². The molecule has 1 heterocycles. The van der Waals surface area contributed by atoms with Crippen LogP contribution in [0.25, 0.3) is 0 Å². The summed E-state index contributed by atoms with van der Waals surface area (Å²) in [5.41, 5.74) is 1.13. The summed E-state index contributed by atoms with van der Waals surface area (Å²) in [5.74, 6) is 0. The van der Waals surface area contributed by atoms with Crippen molar-refractivity contribution in [1.82, 2.24) is 15.1 Å². The minimum atomic E-state index is 0.538. The average Bonchev–Trinajstić information content (AvgIpc) is 2.53. The summed E-state index contributed by atoms with van der Waals surface area (Å²) in [7, 11) is 1.94. The minimum Gasteiger partial charge on any atom is -0.314 e. The van der Waals surface area contributed by atoms with Gasteiger partial charge in [-0.1, -0.05) is 18.5 Å². The highest BCUT2D eigenvalue weighted by molar-refractivity contribution is 6.31. The van der Waals surface area contributed by atoms with Crippen molar-refractivity contribution in [3.63, 3.8) is 0 Å². The Labute approximate surface area is 96.8 Å². The quantitative estimate of drug-likeness (QED) is 0.812. The van der Waals surface area contributed by atoms with Crippen LogP contribution in [0.3, 0.4) is 0 Å². The Kier molecular flexibility index (Phi) is 5.12. The Morgan fingerprint density at radius 1 is 1.60 bits per heavy atom. The Morgan fingerprint density at radius 2 is 2.33 bits per heavy atom. The fourth-order valence-corrected chi connectivity index (χ4v) is 1.82. The molecule has 0 radical (unpaired) electrons. The molecule has 0 bridgehead atoms. The van der Waals surface area contributed by atoms with Crippen LogP contribution in [-0.2, 0) is 13.5 Å². The van der Waals surface area contributed by atoms with Crippen LogP contribution < -0.4 is 5.32 Å². The van der Waals surface area contributed by atoms with E-state index in [4.69, 9.17) is 11.6 Å². The Balaban J connectivity index is 2.36. The van der Waals surface area contributed by atoms with Gasteiger partial charge in [0.15, 0.2) is 0 Å². The molecule has 3 nitrogen and oxygen atoms in total. The number of aromatic nitrogens is 2. The summed E-state index contributed by atoms with van der Waals surface area (Å²) in [4.78, 5) is 0. The van der Waals surface area contributed by atoms with E-state index in [1.54, 1.807) is 6.20 Å². The van der Waals surface area contributed by atoms with Crippen LogP contribution in [0.15, 0.2) is 6.20 Å². The van der Waals surface area contributed by atoms with Crippen LogP contribution in [0.1, 0.15) is 32.4 Å². The first kappa shape index (κ1) is 12.5. The van der Waals surface area contributed by atoms with Gasteiger partial charge in [-0.3, -0.25) is 4.68 Å². The van der Waals surface area contributed by atoms with Gasteiger partial charge in [-0.15, -0.1) is 0 Å². The lowest BCUT2D eigenvalue weighted by Crippen LogP contribution is -2.27. The van der Waals surface area contributed by atoms with Crippen molar-refractivity contribution >= 4 is 11.6 Å². The molecular formula is C11H20ClN3. The summed E-state index contributed by atoms with van der Waals surface area (Å²) in [6.45, 7) is 5.47. The first-order valence-corrected chi connectivity index (χ1v) is 5.92. The second kappa shape index (κ2) is 6.13. The zero-order valence-electron chi connectivity index (χ0n) is 9.76. The van der Waals surface area contributed by atoms with Crippen LogP contribution in [0.4, 0.5) is 0 Å². The predicted octanol–water partition coefficient (Wildman–Crippen LogP) is 2.39. The number of hydrogen-bond donors (Lipinski definition) is 1. The van der Waals surface area contributed by atoms with Gasteiger partial charge < -0.3 is 5.32 Å². The number of rotatable bonds is 6. The van der Waals surface area contributed by atoms with Gasteiger partial charge in [0, 0.05) is 13.1 Å². The van der Waals surface area contributed by atoms with E-state index >= 15 is 0 Å². The topological polar surface area (TPSA) is 29.9 Å². The second-order valence-corrected chi connectivity index (χ2v) is 4.36. The molecule has 15 heavy (non-hydrogen) atoms. The molecule has 1 aromatic heterocycles. The summed E-state index contributed by atoms with van der Waals surface area (Å²) in [6.07, 6.45) is 4.96. The molecule has 0 aliphatic carbocycles. The number of nitrogens with one attached hydrogen (secondary N) is 1. The van der Waals surface area contributed by atoms with Crippen LogP contribution in [0.5, 0.6) is 0 Å². The monoisotopic (exact) mass is 229 g/mol. The number of nitrogens with zero attached hydrogens (tertiary/aromatic N) is 2. The zero-order valence-corrected chi connectivity index (χ0v) is 10.5. The molecular weight excluding hydrogens is 210 g/mol. The fourth-order valence-electron chi connectivity index (χ4n) is 1.56. The molecule has 1 aromatic rings. The smallest absolute Gasteiger partial charge is 0.0817 e. The van der Waals surface area contributed by atoms with Crippen LogP contribution in [0, 0.1) is 0 Å². The summed E-state index contributed by atoms with van der Waals surface area (Å²) in [6, 6.07) is 0.538. The average molecular weight is 230 g/mol. The number of aryl methyl sites for hydroxylation is 1. The van der Waals surface area contributed by atoms with Crippen molar-refractivity contribution in [2.75, 3.05) is 6.54 Å². The molecule has 1 unspecified atom stereocenters. The van der Waals surface area contributed by atoms with E-state index in [0.717, 1.165) is 30.1 Å². The van der Waals surface area contributed by atoms with Crippen molar-refractivity contribution in [1.29, 1.82) is 0 Å². The van der Waals surface area contributed by atoms with E-state index in [1.807, 2.05) is 11.7 Å². The van der Waals surface area contributed by atoms with Crippen molar-refractivity contribution in [3.05, 3.63) is 16.9 Å². The third-order valence-electron chi connectivity index (χ3n) is 2.57. The number of hydrogen-bond acceptors (Lipinski definition) is 2. The van der Waals surface area contributed by atoms with Crippen LogP contribution in [0.2, 0.25) is 5.02 Å². The van der Waals surface area contributed by atoms with Gasteiger partial charge >= 0.3 is 0 Å². The Morgan fingerprint density at radius 3 is 2.87 bits per heavy atom. The molecule has 0 spiro atoms. The molecule has 1 atom stereocenters. The normalized spacial score (nSPS) is 13.1. The number of halogens is 1. The lowest BCUT2D eigenvalue weighted by molar-refractivity contribution is 0.505. The highest BCUT2D eigenvalue weighted by atomic mass is 35.5. The first-order valence-electron chi connectivity index (χ1n) is 5.55. The summed E-state index contributed by atoms with van der Waals surface area (Å²) < 4.78 is 1.86. The maximum Gasteiger partial charge on any atom is 0.0817 e. The lowest BCUT2D eigenvalue weighted by atomic mass is 10.1. The SMILES string of the molecule is CCCNC(C)CCc1c(Cl)cnn1C. The summed E-state index contributed by atoms with van der Waals surface area (Å²) >= 11 is 6.03. The van der Waals surface area contributed by atoms with Crippen LogP contribution in [-0.4, -0.2) is 22.4 Å². The van der Waals surface area contributed by atoms with Crippen molar-refractivity contribution in [2.45, 2.75) is 39.2 Å². The van der Waals surface area contributed by atoms with Gasteiger partial charge in [-0.05, 0) is 32.7 Å². The molecule has 0 aliphatic heterocycles.